The second kappa shape index (κ2) is 12.8. The number of carbonyl (C=O) groups is 3. The average molecular weight is 615 g/mol. The Bertz CT molecular complexity index is 1860. The first-order valence-electron chi connectivity index (χ1n) is 14.3. The number of rotatable bonds is 8. The van der Waals surface area contributed by atoms with Gasteiger partial charge in [-0.15, -0.1) is 0 Å². The Balaban J connectivity index is 1.80. The molecule has 1 aliphatic rings. The monoisotopic (exact) mass is 614 g/mol. The van der Waals surface area contributed by atoms with Gasteiger partial charge < -0.3 is 19.9 Å². The maximum absolute atomic E-state index is 14.7. The van der Waals surface area contributed by atoms with Crippen LogP contribution in [-0.2, 0) is 4.79 Å². The Morgan fingerprint density at radius 2 is 1.37 bits per heavy atom. The predicted molar refractivity (Wildman–Crippen MR) is 169 cm³/mol. The van der Waals surface area contributed by atoms with Crippen molar-refractivity contribution < 1.29 is 29.0 Å². The van der Waals surface area contributed by atoms with Crippen LogP contribution in [0.1, 0.15) is 51.5 Å². The zero-order chi connectivity index (χ0) is 33.0. The lowest BCUT2D eigenvalue weighted by atomic mass is 9.71. The SMILES string of the molecule is COc1ccc(C2C(C(=O)c3ccc(C#N)cc3)C(c3ccc(C#N)cc3)N(C(=O)Nc3ccccc3)C2(C)C(=O)O)cc1OC. The molecule has 1 aliphatic heterocycles. The van der Waals surface area contributed by atoms with E-state index in [1.165, 1.54) is 50.3 Å². The van der Waals surface area contributed by atoms with Crippen molar-refractivity contribution in [2.75, 3.05) is 19.5 Å². The number of likely N-dealkylation sites (tertiary alicyclic amines) is 1. The molecule has 0 radical (unpaired) electrons. The summed E-state index contributed by atoms with van der Waals surface area (Å²) in [5.41, 5.74) is 0.295. The number of nitrogens with zero attached hydrogens (tertiary/aromatic N) is 3. The van der Waals surface area contributed by atoms with Crippen LogP contribution in [0, 0.1) is 28.6 Å². The molecule has 1 heterocycles. The van der Waals surface area contributed by atoms with Crippen molar-refractivity contribution in [1.82, 2.24) is 4.90 Å². The van der Waals surface area contributed by atoms with Gasteiger partial charge in [-0.05, 0) is 66.6 Å². The molecule has 0 aromatic heterocycles. The number of hydrogen-bond acceptors (Lipinski definition) is 7. The molecule has 10 heteroatoms. The lowest BCUT2D eigenvalue weighted by Crippen LogP contribution is -2.55. The molecule has 5 rings (SSSR count). The van der Waals surface area contributed by atoms with E-state index in [0.717, 1.165) is 0 Å². The highest BCUT2D eigenvalue weighted by Crippen LogP contribution is 2.57. The smallest absolute Gasteiger partial charge is 0.330 e. The number of carboxylic acids is 1. The van der Waals surface area contributed by atoms with E-state index in [2.05, 4.69) is 11.4 Å². The number of nitriles is 2. The van der Waals surface area contributed by atoms with Crippen molar-refractivity contribution in [3.63, 3.8) is 0 Å². The molecule has 0 aliphatic carbocycles. The highest BCUT2D eigenvalue weighted by Gasteiger charge is 2.65. The quantitative estimate of drug-likeness (QED) is 0.224. The number of nitrogens with one attached hydrogen (secondary N) is 1. The zero-order valence-corrected chi connectivity index (χ0v) is 25.3. The van der Waals surface area contributed by atoms with E-state index < -0.39 is 41.2 Å². The van der Waals surface area contributed by atoms with Crippen LogP contribution in [0.15, 0.2) is 97.1 Å². The predicted octanol–water partition coefficient (Wildman–Crippen LogP) is 6.16. The molecule has 10 nitrogen and oxygen atoms in total. The number of aliphatic carboxylic acids is 1. The number of para-hydroxylation sites is 1. The van der Waals surface area contributed by atoms with Crippen LogP contribution < -0.4 is 14.8 Å². The van der Waals surface area contributed by atoms with Crippen molar-refractivity contribution in [2.45, 2.75) is 24.4 Å². The molecule has 2 amide bonds. The van der Waals surface area contributed by atoms with E-state index in [1.54, 1.807) is 72.8 Å². The molecule has 0 spiro atoms. The number of hydrogen-bond donors (Lipinski definition) is 2. The number of ether oxygens (including phenoxy) is 2. The van der Waals surface area contributed by atoms with Gasteiger partial charge in [0.15, 0.2) is 17.3 Å². The average Bonchev–Trinajstić information content (AvgIpc) is 3.38. The first-order valence-corrected chi connectivity index (χ1v) is 14.3. The zero-order valence-electron chi connectivity index (χ0n) is 25.3. The molecule has 4 aromatic rings. The van der Waals surface area contributed by atoms with Crippen molar-refractivity contribution in [3.8, 4) is 23.6 Å². The fourth-order valence-corrected chi connectivity index (χ4v) is 6.30. The normalized spacial score (nSPS) is 20.2. The van der Waals surface area contributed by atoms with Crippen molar-refractivity contribution >= 4 is 23.5 Å². The summed E-state index contributed by atoms with van der Waals surface area (Å²) in [5, 5.41) is 32.7. The Hall–Kier alpha value is -6.13. The first-order chi connectivity index (χ1) is 22.2. The number of Topliss-reactive ketones (excluding diaryl/α,β-unsaturated/α-hetero) is 1. The summed E-state index contributed by atoms with van der Waals surface area (Å²) >= 11 is 0. The van der Waals surface area contributed by atoms with Gasteiger partial charge in [0.1, 0.15) is 5.54 Å². The Morgan fingerprint density at radius 3 is 1.91 bits per heavy atom. The van der Waals surface area contributed by atoms with Gasteiger partial charge in [-0.2, -0.15) is 10.5 Å². The summed E-state index contributed by atoms with van der Waals surface area (Å²) in [6.45, 7) is 1.43. The summed E-state index contributed by atoms with van der Waals surface area (Å²) in [4.78, 5) is 43.8. The number of anilines is 1. The van der Waals surface area contributed by atoms with Gasteiger partial charge in [-0.3, -0.25) is 9.69 Å². The standard InChI is InChI=1S/C36H30N4O6/c1-36(34(42)43)31(26-17-18-28(45-2)29(19-26)46-3)30(33(41)25-15-11-23(21-38)12-16-25)32(24-13-9-22(20-37)10-14-24)40(36)35(44)39-27-7-5-4-6-8-27/h4-19,30-32H,1-3H3,(H,39,44)(H,42,43). The Morgan fingerprint density at radius 1 is 0.804 bits per heavy atom. The molecule has 4 unspecified atom stereocenters. The van der Waals surface area contributed by atoms with Crippen molar-refractivity contribution in [3.05, 3.63) is 125 Å². The van der Waals surface area contributed by atoms with E-state index >= 15 is 0 Å². The Labute approximate surface area is 266 Å². The number of ketones is 1. The molecule has 1 saturated heterocycles. The topological polar surface area (TPSA) is 153 Å². The van der Waals surface area contributed by atoms with Crippen LogP contribution in [0.5, 0.6) is 11.5 Å². The van der Waals surface area contributed by atoms with Crippen LogP contribution in [-0.4, -0.2) is 47.5 Å². The molecule has 0 bridgehead atoms. The minimum atomic E-state index is -1.98. The van der Waals surface area contributed by atoms with Gasteiger partial charge in [0.2, 0.25) is 0 Å². The molecule has 230 valence electrons. The minimum absolute atomic E-state index is 0.242. The van der Waals surface area contributed by atoms with Crippen LogP contribution in [0.4, 0.5) is 10.5 Å². The third-order valence-electron chi connectivity index (χ3n) is 8.51. The van der Waals surface area contributed by atoms with E-state index in [1.807, 2.05) is 6.07 Å². The number of carboxylic acid groups (broad SMARTS) is 1. The third kappa shape index (κ3) is 5.49. The maximum Gasteiger partial charge on any atom is 0.330 e. The molecular formula is C36H30N4O6. The van der Waals surface area contributed by atoms with Crippen LogP contribution >= 0.6 is 0 Å². The summed E-state index contributed by atoms with van der Waals surface area (Å²) < 4.78 is 11.0. The summed E-state index contributed by atoms with van der Waals surface area (Å²) in [7, 11) is 2.92. The molecule has 2 N–H and O–H groups in total. The highest BCUT2D eigenvalue weighted by molar-refractivity contribution is 6.03. The fourth-order valence-electron chi connectivity index (χ4n) is 6.30. The molecular weight excluding hydrogens is 584 g/mol. The number of carbonyl (C=O) groups excluding carboxylic acids is 2. The lowest BCUT2D eigenvalue weighted by molar-refractivity contribution is -0.148. The number of methoxy groups -OCH3 is 2. The maximum atomic E-state index is 14.7. The summed E-state index contributed by atoms with van der Waals surface area (Å²) in [6, 6.07) is 28.3. The number of urea groups is 1. The molecule has 0 saturated carbocycles. The first kappa shape index (κ1) is 31.3. The van der Waals surface area contributed by atoms with Crippen LogP contribution in [0.25, 0.3) is 0 Å². The lowest BCUT2D eigenvalue weighted by Gasteiger charge is -2.37. The van der Waals surface area contributed by atoms with Crippen LogP contribution in [0.2, 0.25) is 0 Å². The number of benzene rings is 4. The van der Waals surface area contributed by atoms with Gasteiger partial charge in [-0.25, -0.2) is 9.59 Å². The van der Waals surface area contributed by atoms with Gasteiger partial charge in [0.05, 0.1) is 49.4 Å². The second-order valence-corrected chi connectivity index (χ2v) is 11.0. The molecule has 4 atom stereocenters. The van der Waals surface area contributed by atoms with Gasteiger partial charge in [-0.1, -0.05) is 48.5 Å². The second-order valence-electron chi connectivity index (χ2n) is 11.0. The highest BCUT2D eigenvalue weighted by atomic mass is 16.5. The fraction of sp³-hybridized carbons (Fsp3) is 0.194. The van der Waals surface area contributed by atoms with E-state index in [9.17, 15) is 30.0 Å². The van der Waals surface area contributed by atoms with Crippen LogP contribution in [0.3, 0.4) is 0 Å². The molecule has 1 fully saturated rings. The minimum Gasteiger partial charge on any atom is -0.493 e. The summed E-state index contributed by atoms with van der Waals surface area (Å²) in [5.74, 6) is -3.28. The van der Waals surface area contributed by atoms with E-state index in [0.29, 0.717) is 39.4 Å². The largest absolute Gasteiger partial charge is 0.493 e. The van der Waals surface area contributed by atoms with Crippen molar-refractivity contribution in [2.24, 2.45) is 5.92 Å². The van der Waals surface area contributed by atoms with E-state index in [4.69, 9.17) is 9.47 Å². The van der Waals surface area contributed by atoms with Gasteiger partial charge >= 0.3 is 12.0 Å². The van der Waals surface area contributed by atoms with Gasteiger partial charge in [0, 0.05) is 17.2 Å². The molecule has 4 aromatic carbocycles. The number of amides is 2. The molecule has 46 heavy (non-hydrogen) atoms. The van der Waals surface area contributed by atoms with Gasteiger partial charge in [0.25, 0.3) is 0 Å². The van der Waals surface area contributed by atoms with Crippen molar-refractivity contribution in [1.29, 1.82) is 10.5 Å². The summed E-state index contributed by atoms with van der Waals surface area (Å²) in [6.07, 6.45) is 0. The Kier molecular flexibility index (Phi) is 8.74. The third-order valence-corrected chi connectivity index (χ3v) is 8.51. The van der Waals surface area contributed by atoms with E-state index in [-0.39, 0.29) is 5.56 Å².